The van der Waals surface area contributed by atoms with E-state index < -0.39 is 0 Å². The van der Waals surface area contributed by atoms with E-state index in [1.54, 1.807) is 11.2 Å². The number of amides is 1. The Kier molecular flexibility index (Phi) is 8.69. The predicted molar refractivity (Wildman–Crippen MR) is 184 cm³/mol. The van der Waals surface area contributed by atoms with Crippen molar-refractivity contribution in [3.63, 3.8) is 0 Å². The number of hydrazone groups is 1. The first-order chi connectivity index (χ1) is 23.1. The second kappa shape index (κ2) is 13.5. The molecule has 5 aromatic rings. The van der Waals surface area contributed by atoms with Crippen molar-refractivity contribution in [2.24, 2.45) is 11.0 Å². The van der Waals surface area contributed by atoms with Gasteiger partial charge in [-0.25, -0.2) is 9.99 Å². The molecule has 1 aliphatic heterocycles. The van der Waals surface area contributed by atoms with Gasteiger partial charge >= 0.3 is 0 Å². The lowest BCUT2D eigenvalue weighted by atomic mass is 9.77. The lowest BCUT2D eigenvalue weighted by Gasteiger charge is -2.30. The highest BCUT2D eigenvalue weighted by Gasteiger charge is 2.44. The standard InChI is InChI=1S/C40H37N3O4/c1-3-45-33-21-13-27(14-22-33)25-32-11-8-12-35-37(32)42-43(38(35)29-19-23-34(24-20-29)46-4-2)40(44)31-17-15-30(16-18-31)39-41-26-36(47-39)28-9-6-5-7-10-28/h5-7,9-10,13-26,35,38H,3-4,8,11-12H2,1-2H3/b32-25-. The molecule has 7 rings (SSSR count). The Morgan fingerprint density at radius 3 is 2.21 bits per heavy atom. The third kappa shape index (κ3) is 6.34. The first kappa shape index (κ1) is 30.2. The molecule has 4 aromatic carbocycles. The first-order valence-electron chi connectivity index (χ1n) is 16.3. The second-order valence-corrected chi connectivity index (χ2v) is 11.7. The van der Waals surface area contributed by atoms with Gasteiger partial charge in [-0.15, -0.1) is 0 Å². The number of oxazole rings is 1. The maximum absolute atomic E-state index is 14.3. The van der Waals surface area contributed by atoms with E-state index in [-0.39, 0.29) is 17.9 Å². The van der Waals surface area contributed by atoms with E-state index in [1.807, 2.05) is 92.7 Å². The van der Waals surface area contributed by atoms with Crippen LogP contribution in [-0.4, -0.2) is 34.8 Å². The molecule has 236 valence electrons. The average Bonchev–Trinajstić information content (AvgIpc) is 3.77. The number of hydrogen-bond donors (Lipinski definition) is 0. The van der Waals surface area contributed by atoms with Crippen LogP contribution in [0.2, 0.25) is 0 Å². The fraction of sp³-hybridized carbons (Fsp3) is 0.225. The Hall–Kier alpha value is -5.43. The topological polar surface area (TPSA) is 77.2 Å². The van der Waals surface area contributed by atoms with Crippen molar-refractivity contribution in [3.05, 3.63) is 132 Å². The molecule has 2 atom stereocenters. The Labute approximate surface area is 275 Å². The molecule has 1 fully saturated rings. The van der Waals surface area contributed by atoms with Crippen LogP contribution in [0.15, 0.2) is 124 Å². The molecule has 1 aliphatic carbocycles. The summed E-state index contributed by atoms with van der Waals surface area (Å²) >= 11 is 0. The highest BCUT2D eigenvalue weighted by atomic mass is 16.5. The maximum atomic E-state index is 14.3. The van der Waals surface area contributed by atoms with Gasteiger partial charge in [0.05, 0.1) is 31.2 Å². The molecule has 0 bridgehead atoms. The lowest BCUT2D eigenvalue weighted by Crippen LogP contribution is -2.31. The van der Waals surface area contributed by atoms with Crippen molar-refractivity contribution in [2.45, 2.75) is 39.2 Å². The highest BCUT2D eigenvalue weighted by Crippen LogP contribution is 2.45. The van der Waals surface area contributed by atoms with Gasteiger partial charge in [0.25, 0.3) is 5.91 Å². The fourth-order valence-corrected chi connectivity index (χ4v) is 6.49. The minimum absolute atomic E-state index is 0.0857. The lowest BCUT2D eigenvalue weighted by molar-refractivity contribution is 0.0681. The van der Waals surface area contributed by atoms with Crippen molar-refractivity contribution in [2.75, 3.05) is 13.2 Å². The van der Waals surface area contributed by atoms with Gasteiger partial charge in [0.2, 0.25) is 5.89 Å². The van der Waals surface area contributed by atoms with Crippen molar-refractivity contribution in [3.8, 4) is 34.3 Å². The average molecular weight is 624 g/mol. The van der Waals surface area contributed by atoms with Crippen LogP contribution in [0.3, 0.4) is 0 Å². The number of benzene rings is 4. The Morgan fingerprint density at radius 1 is 0.851 bits per heavy atom. The molecule has 7 nitrogen and oxygen atoms in total. The van der Waals surface area contributed by atoms with Gasteiger partial charge in [-0.05, 0) is 104 Å². The Bertz CT molecular complexity index is 1890. The predicted octanol–water partition coefficient (Wildman–Crippen LogP) is 9.24. The molecule has 2 unspecified atom stereocenters. The summed E-state index contributed by atoms with van der Waals surface area (Å²) in [6.07, 6.45) is 6.83. The summed E-state index contributed by atoms with van der Waals surface area (Å²) in [7, 11) is 0. The van der Waals surface area contributed by atoms with E-state index in [0.717, 1.165) is 58.7 Å². The van der Waals surface area contributed by atoms with Crippen molar-refractivity contribution < 1.29 is 18.7 Å². The summed E-state index contributed by atoms with van der Waals surface area (Å²) < 4.78 is 17.4. The monoisotopic (exact) mass is 623 g/mol. The minimum Gasteiger partial charge on any atom is -0.494 e. The van der Waals surface area contributed by atoms with E-state index in [4.69, 9.17) is 19.0 Å². The van der Waals surface area contributed by atoms with Gasteiger partial charge in [0, 0.05) is 22.6 Å². The van der Waals surface area contributed by atoms with Crippen LogP contribution in [0.25, 0.3) is 28.9 Å². The van der Waals surface area contributed by atoms with Crippen molar-refractivity contribution in [1.29, 1.82) is 0 Å². The molecular weight excluding hydrogens is 586 g/mol. The SMILES string of the molecule is CCOc1ccc(/C=C2/CCCC3C2=NN(C(=O)c2ccc(-c4ncc(-c5ccccc5)o4)cc2)C3c2ccc(OCC)cc2)cc1. The zero-order valence-corrected chi connectivity index (χ0v) is 26.6. The molecule has 47 heavy (non-hydrogen) atoms. The number of rotatable bonds is 9. The van der Waals surface area contributed by atoms with Crippen molar-refractivity contribution >= 4 is 17.7 Å². The maximum Gasteiger partial charge on any atom is 0.274 e. The van der Waals surface area contributed by atoms with Crippen LogP contribution >= 0.6 is 0 Å². The molecule has 2 heterocycles. The van der Waals surface area contributed by atoms with Gasteiger partial charge in [-0.3, -0.25) is 4.79 Å². The molecule has 2 aliphatic rings. The quantitative estimate of drug-likeness (QED) is 0.164. The molecule has 0 N–H and O–H groups in total. The van der Waals surface area contributed by atoms with Crippen LogP contribution in [0.4, 0.5) is 0 Å². The van der Waals surface area contributed by atoms with Gasteiger partial charge in [0.1, 0.15) is 11.5 Å². The van der Waals surface area contributed by atoms with Crippen LogP contribution in [0, 0.1) is 5.92 Å². The van der Waals surface area contributed by atoms with Crippen LogP contribution in [0.5, 0.6) is 11.5 Å². The third-order valence-corrected chi connectivity index (χ3v) is 8.72. The summed E-state index contributed by atoms with van der Waals surface area (Å²) in [6, 6.07) is 33.3. The Morgan fingerprint density at radius 2 is 1.53 bits per heavy atom. The van der Waals surface area contributed by atoms with Gasteiger partial charge in [-0.2, -0.15) is 5.10 Å². The highest BCUT2D eigenvalue weighted by molar-refractivity contribution is 6.09. The third-order valence-electron chi connectivity index (χ3n) is 8.72. The summed E-state index contributed by atoms with van der Waals surface area (Å²) in [4.78, 5) is 18.8. The summed E-state index contributed by atoms with van der Waals surface area (Å²) in [6.45, 7) is 5.19. The molecule has 0 spiro atoms. The normalized spacial score (nSPS) is 18.1. The van der Waals surface area contributed by atoms with E-state index in [1.165, 1.54) is 5.57 Å². The fourth-order valence-electron chi connectivity index (χ4n) is 6.49. The van der Waals surface area contributed by atoms with Crippen LogP contribution in [0.1, 0.15) is 60.6 Å². The van der Waals surface area contributed by atoms with Gasteiger partial charge in [0.15, 0.2) is 5.76 Å². The van der Waals surface area contributed by atoms with E-state index in [0.29, 0.717) is 30.4 Å². The number of aromatic nitrogens is 1. The first-order valence-corrected chi connectivity index (χ1v) is 16.3. The number of allylic oxidation sites excluding steroid dienone is 1. The second-order valence-electron chi connectivity index (χ2n) is 11.7. The molecule has 0 radical (unpaired) electrons. The number of carbonyl (C=O) groups is 1. The number of hydrogen-bond acceptors (Lipinski definition) is 6. The molecule has 1 amide bonds. The molecule has 0 saturated heterocycles. The zero-order valence-electron chi connectivity index (χ0n) is 26.6. The van der Waals surface area contributed by atoms with E-state index in [2.05, 4.69) is 35.3 Å². The van der Waals surface area contributed by atoms with E-state index >= 15 is 0 Å². The van der Waals surface area contributed by atoms with Crippen LogP contribution in [-0.2, 0) is 0 Å². The zero-order chi connectivity index (χ0) is 32.2. The number of nitrogens with zero attached hydrogens (tertiary/aromatic N) is 3. The molecular formula is C40H37N3O4. The summed E-state index contributed by atoms with van der Waals surface area (Å²) in [5.41, 5.74) is 6.61. The Balaban J connectivity index is 1.20. The number of fused-ring (bicyclic) bond motifs is 1. The summed E-state index contributed by atoms with van der Waals surface area (Å²) in [5.74, 6) is 2.81. The van der Waals surface area contributed by atoms with Gasteiger partial charge in [-0.1, -0.05) is 54.6 Å². The number of ether oxygens (including phenoxy) is 2. The van der Waals surface area contributed by atoms with Gasteiger partial charge < -0.3 is 13.9 Å². The smallest absolute Gasteiger partial charge is 0.274 e. The van der Waals surface area contributed by atoms with Crippen LogP contribution < -0.4 is 9.47 Å². The largest absolute Gasteiger partial charge is 0.494 e. The molecule has 1 saturated carbocycles. The van der Waals surface area contributed by atoms with Crippen molar-refractivity contribution in [1.82, 2.24) is 9.99 Å². The number of carbonyl (C=O) groups excluding carboxylic acids is 1. The molecule has 1 aromatic heterocycles. The molecule has 7 heteroatoms. The van der Waals surface area contributed by atoms with E-state index in [9.17, 15) is 4.79 Å². The minimum atomic E-state index is -0.225. The summed E-state index contributed by atoms with van der Waals surface area (Å²) in [5, 5.41) is 6.79.